The Labute approximate surface area is 109 Å². The summed E-state index contributed by atoms with van der Waals surface area (Å²) in [6, 6.07) is 13.3. The van der Waals surface area contributed by atoms with E-state index in [2.05, 4.69) is 10.2 Å². The van der Waals surface area contributed by atoms with Crippen molar-refractivity contribution in [3.63, 3.8) is 0 Å². The van der Waals surface area contributed by atoms with Crippen molar-refractivity contribution in [3.05, 3.63) is 53.1 Å². The lowest BCUT2D eigenvalue weighted by atomic mass is 10.1. The number of aliphatic hydroxyl groups is 1. The SMILES string of the molecule is OCc1ccc(-c2n[nH]c3cccc(Cl)c23)cc1. The van der Waals surface area contributed by atoms with Crippen LogP contribution in [0.25, 0.3) is 22.2 Å². The van der Waals surface area contributed by atoms with E-state index in [1.807, 2.05) is 42.5 Å². The number of nitrogens with zero attached hydrogens (tertiary/aromatic N) is 1. The zero-order chi connectivity index (χ0) is 12.5. The van der Waals surface area contributed by atoms with Crippen LogP contribution < -0.4 is 0 Å². The van der Waals surface area contributed by atoms with Gasteiger partial charge in [0.25, 0.3) is 0 Å². The predicted molar refractivity (Wildman–Crippen MR) is 72.5 cm³/mol. The first-order valence-corrected chi connectivity index (χ1v) is 6.00. The molecule has 0 radical (unpaired) electrons. The first-order valence-electron chi connectivity index (χ1n) is 5.62. The smallest absolute Gasteiger partial charge is 0.101 e. The molecule has 0 aliphatic carbocycles. The van der Waals surface area contributed by atoms with Crippen molar-refractivity contribution in [1.29, 1.82) is 0 Å². The Hall–Kier alpha value is -1.84. The van der Waals surface area contributed by atoms with Crippen molar-refractivity contribution in [2.45, 2.75) is 6.61 Å². The van der Waals surface area contributed by atoms with Crippen LogP contribution in [0.3, 0.4) is 0 Å². The number of halogens is 1. The van der Waals surface area contributed by atoms with Gasteiger partial charge in [-0.15, -0.1) is 0 Å². The highest BCUT2D eigenvalue weighted by molar-refractivity contribution is 6.36. The van der Waals surface area contributed by atoms with Gasteiger partial charge < -0.3 is 5.11 Å². The highest BCUT2D eigenvalue weighted by Crippen LogP contribution is 2.31. The minimum Gasteiger partial charge on any atom is -0.392 e. The van der Waals surface area contributed by atoms with Crippen LogP contribution in [0.4, 0.5) is 0 Å². The normalized spacial score (nSPS) is 11.0. The molecule has 0 fully saturated rings. The average Bonchev–Trinajstić information content (AvgIpc) is 2.84. The molecule has 4 heteroatoms. The van der Waals surface area contributed by atoms with Crippen molar-refractivity contribution in [3.8, 4) is 11.3 Å². The molecule has 1 aromatic heterocycles. The van der Waals surface area contributed by atoms with Gasteiger partial charge in [0.1, 0.15) is 5.69 Å². The number of hydrogen-bond acceptors (Lipinski definition) is 2. The van der Waals surface area contributed by atoms with Gasteiger partial charge in [0.05, 0.1) is 17.1 Å². The van der Waals surface area contributed by atoms with Gasteiger partial charge >= 0.3 is 0 Å². The second kappa shape index (κ2) is 4.44. The summed E-state index contributed by atoms with van der Waals surface area (Å²) in [6.07, 6.45) is 0. The van der Waals surface area contributed by atoms with Crippen molar-refractivity contribution in [2.24, 2.45) is 0 Å². The zero-order valence-corrected chi connectivity index (χ0v) is 10.3. The van der Waals surface area contributed by atoms with Crippen LogP contribution in [0.5, 0.6) is 0 Å². The molecular weight excluding hydrogens is 248 g/mol. The third kappa shape index (κ3) is 1.78. The molecule has 2 aromatic carbocycles. The van der Waals surface area contributed by atoms with Crippen molar-refractivity contribution in [2.75, 3.05) is 0 Å². The molecule has 0 aliphatic rings. The van der Waals surface area contributed by atoms with E-state index in [1.54, 1.807) is 0 Å². The Morgan fingerprint density at radius 3 is 2.61 bits per heavy atom. The Kier molecular flexibility index (Phi) is 2.78. The highest BCUT2D eigenvalue weighted by atomic mass is 35.5. The molecule has 18 heavy (non-hydrogen) atoms. The lowest BCUT2D eigenvalue weighted by Gasteiger charge is -2.01. The van der Waals surface area contributed by atoms with E-state index >= 15 is 0 Å². The molecule has 90 valence electrons. The second-order valence-corrected chi connectivity index (χ2v) is 4.50. The van der Waals surface area contributed by atoms with Gasteiger partial charge in [-0.25, -0.2) is 0 Å². The van der Waals surface area contributed by atoms with E-state index in [4.69, 9.17) is 16.7 Å². The molecule has 3 rings (SSSR count). The molecule has 0 saturated heterocycles. The maximum atomic E-state index is 9.03. The lowest BCUT2D eigenvalue weighted by molar-refractivity contribution is 0.282. The number of hydrogen-bond donors (Lipinski definition) is 2. The standard InChI is InChI=1S/C14H11ClN2O/c15-11-2-1-3-12-13(11)14(17-16-12)10-6-4-9(8-18)5-7-10/h1-7,18H,8H2,(H,16,17). The molecule has 0 saturated carbocycles. The van der Waals surface area contributed by atoms with Crippen LogP contribution >= 0.6 is 11.6 Å². The van der Waals surface area contributed by atoms with Gasteiger partial charge in [0.15, 0.2) is 0 Å². The summed E-state index contributed by atoms with van der Waals surface area (Å²) in [5.41, 5.74) is 3.61. The van der Waals surface area contributed by atoms with Gasteiger partial charge in [0.2, 0.25) is 0 Å². The predicted octanol–water partition coefficient (Wildman–Crippen LogP) is 3.38. The highest BCUT2D eigenvalue weighted by Gasteiger charge is 2.10. The van der Waals surface area contributed by atoms with E-state index in [0.29, 0.717) is 5.02 Å². The maximum absolute atomic E-state index is 9.03. The Balaban J connectivity index is 2.18. The van der Waals surface area contributed by atoms with Gasteiger partial charge in [-0.05, 0) is 17.7 Å². The molecule has 0 bridgehead atoms. The number of aromatic nitrogens is 2. The van der Waals surface area contributed by atoms with Gasteiger partial charge in [-0.3, -0.25) is 5.10 Å². The molecule has 0 amide bonds. The number of nitrogens with one attached hydrogen (secondary N) is 1. The minimum absolute atomic E-state index is 0.0440. The summed E-state index contributed by atoms with van der Waals surface area (Å²) >= 11 is 6.21. The van der Waals surface area contributed by atoms with Crippen LogP contribution in [0.2, 0.25) is 5.02 Å². The summed E-state index contributed by atoms with van der Waals surface area (Å²) < 4.78 is 0. The molecule has 3 aromatic rings. The number of benzene rings is 2. The molecule has 0 unspecified atom stereocenters. The summed E-state index contributed by atoms with van der Waals surface area (Å²) in [6.45, 7) is 0.0440. The van der Waals surface area contributed by atoms with Crippen LogP contribution in [-0.4, -0.2) is 15.3 Å². The fourth-order valence-corrected chi connectivity index (χ4v) is 2.27. The number of H-pyrrole nitrogens is 1. The molecule has 0 spiro atoms. The number of rotatable bonds is 2. The molecule has 3 nitrogen and oxygen atoms in total. The lowest BCUT2D eigenvalue weighted by Crippen LogP contribution is -1.84. The van der Waals surface area contributed by atoms with Crippen molar-refractivity contribution in [1.82, 2.24) is 10.2 Å². The third-order valence-electron chi connectivity index (χ3n) is 2.95. The number of fused-ring (bicyclic) bond motifs is 1. The van der Waals surface area contributed by atoms with Gasteiger partial charge in [-0.2, -0.15) is 5.10 Å². The van der Waals surface area contributed by atoms with Gasteiger partial charge in [-0.1, -0.05) is 41.9 Å². The van der Waals surface area contributed by atoms with E-state index in [9.17, 15) is 0 Å². The monoisotopic (exact) mass is 258 g/mol. The summed E-state index contributed by atoms with van der Waals surface area (Å²) in [5.74, 6) is 0. The first kappa shape index (κ1) is 11.3. The summed E-state index contributed by atoms with van der Waals surface area (Å²) in [5, 5.41) is 17.9. The third-order valence-corrected chi connectivity index (χ3v) is 3.26. The van der Waals surface area contributed by atoms with Gasteiger partial charge in [0, 0.05) is 10.9 Å². The van der Waals surface area contributed by atoms with E-state index in [0.717, 1.165) is 27.7 Å². The zero-order valence-electron chi connectivity index (χ0n) is 9.52. The fourth-order valence-electron chi connectivity index (χ4n) is 2.01. The molecule has 1 heterocycles. The van der Waals surface area contributed by atoms with Crippen LogP contribution in [-0.2, 0) is 6.61 Å². The minimum atomic E-state index is 0.0440. The fraction of sp³-hybridized carbons (Fsp3) is 0.0714. The van der Waals surface area contributed by atoms with E-state index in [1.165, 1.54) is 0 Å². The summed E-state index contributed by atoms with van der Waals surface area (Å²) in [7, 11) is 0. The molecule has 0 atom stereocenters. The number of aliphatic hydroxyl groups excluding tert-OH is 1. The molecule has 0 aliphatic heterocycles. The van der Waals surface area contributed by atoms with Crippen molar-refractivity contribution < 1.29 is 5.11 Å². The maximum Gasteiger partial charge on any atom is 0.101 e. The Bertz CT molecular complexity index is 689. The van der Waals surface area contributed by atoms with E-state index in [-0.39, 0.29) is 6.61 Å². The second-order valence-electron chi connectivity index (χ2n) is 4.09. The van der Waals surface area contributed by atoms with Crippen LogP contribution in [0.1, 0.15) is 5.56 Å². The van der Waals surface area contributed by atoms with Crippen LogP contribution in [0.15, 0.2) is 42.5 Å². The number of aromatic amines is 1. The quantitative estimate of drug-likeness (QED) is 0.740. The first-order chi connectivity index (χ1) is 8.79. The van der Waals surface area contributed by atoms with Crippen LogP contribution in [0, 0.1) is 0 Å². The van der Waals surface area contributed by atoms with E-state index < -0.39 is 0 Å². The Morgan fingerprint density at radius 2 is 1.89 bits per heavy atom. The Morgan fingerprint density at radius 1 is 1.11 bits per heavy atom. The topological polar surface area (TPSA) is 48.9 Å². The summed E-state index contributed by atoms with van der Waals surface area (Å²) in [4.78, 5) is 0. The average molecular weight is 259 g/mol. The largest absolute Gasteiger partial charge is 0.392 e. The molecular formula is C14H11ClN2O. The molecule has 2 N–H and O–H groups in total. The van der Waals surface area contributed by atoms with Crippen molar-refractivity contribution >= 4 is 22.5 Å².